The normalized spacial score (nSPS) is 14.2. The number of pyridine rings is 2. The minimum Gasteiger partial charge on any atom is -0.491 e. The highest BCUT2D eigenvalue weighted by Crippen LogP contribution is 2.33. The van der Waals surface area contributed by atoms with E-state index in [4.69, 9.17) is 9.47 Å². The summed E-state index contributed by atoms with van der Waals surface area (Å²) in [5.74, 6) is 0.939. The third kappa shape index (κ3) is 4.11. The van der Waals surface area contributed by atoms with E-state index in [0.717, 1.165) is 45.5 Å². The van der Waals surface area contributed by atoms with Crippen LogP contribution in [-0.4, -0.2) is 68.1 Å². The van der Waals surface area contributed by atoms with Gasteiger partial charge in [-0.1, -0.05) is 6.92 Å². The van der Waals surface area contributed by atoms with Crippen molar-refractivity contribution in [2.75, 3.05) is 27.3 Å². The highest BCUT2D eigenvalue weighted by Gasteiger charge is 2.23. The van der Waals surface area contributed by atoms with Crippen LogP contribution in [0.5, 0.6) is 11.6 Å². The summed E-state index contributed by atoms with van der Waals surface area (Å²) in [6.45, 7) is 2.98. The van der Waals surface area contributed by atoms with E-state index in [1.807, 2.05) is 31.3 Å². The molecule has 1 aliphatic heterocycles. The third-order valence-corrected chi connectivity index (χ3v) is 6.20. The number of nitrogens with one attached hydrogen (secondary N) is 1. The molecule has 35 heavy (non-hydrogen) atoms. The summed E-state index contributed by atoms with van der Waals surface area (Å²) < 4.78 is 13.2. The van der Waals surface area contributed by atoms with Gasteiger partial charge >= 0.3 is 0 Å². The lowest BCUT2D eigenvalue weighted by Crippen LogP contribution is -2.29. The Hall–Kier alpha value is -4.21. The van der Waals surface area contributed by atoms with Crippen LogP contribution >= 0.6 is 0 Å². The van der Waals surface area contributed by atoms with E-state index < -0.39 is 0 Å². The molecule has 0 aromatic carbocycles. The summed E-state index contributed by atoms with van der Waals surface area (Å²) in [7, 11) is 5.22. The number of methoxy groups -OCH3 is 1. The minimum absolute atomic E-state index is 0.128. The van der Waals surface area contributed by atoms with Crippen LogP contribution in [0.2, 0.25) is 0 Å². The molecule has 1 N–H and O–H groups in total. The first-order valence-electron chi connectivity index (χ1n) is 11.5. The second kappa shape index (κ2) is 9.21. The number of rotatable bonds is 2. The highest BCUT2D eigenvalue weighted by atomic mass is 16.5. The van der Waals surface area contributed by atoms with Crippen molar-refractivity contribution >= 4 is 29.0 Å². The Morgan fingerprint density at radius 1 is 1.17 bits per heavy atom. The van der Waals surface area contributed by atoms with Crippen molar-refractivity contribution in [3.63, 3.8) is 0 Å². The Morgan fingerprint density at radius 3 is 2.83 bits per heavy atom. The molecule has 10 nitrogen and oxygen atoms in total. The number of H-pyrrole nitrogens is 1. The maximum Gasteiger partial charge on any atom is 0.274 e. The fourth-order valence-corrected chi connectivity index (χ4v) is 4.32. The molecule has 2 bridgehead atoms. The van der Waals surface area contributed by atoms with Crippen molar-refractivity contribution < 1.29 is 14.3 Å². The van der Waals surface area contributed by atoms with Crippen molar-refractivity contribution in [1.82, 2.24) is 34.8 Å². The number of aryl methyl sites for hydroxylation is 1. The predicted molar refractivity (Wildman–Crippen MR) is 132 cm³/mol. The number of nitrogens with zero attached hydrogens (tertiary/aromatic N) is 6. The first kappa shape index (κ1) is 22.6. The Labute approximate surface area is 202 Å². The largest absolute Gasteiger partial charge is 0.491 e. The fourth-order valence-electron chi connectivity index (χ4n) is 4.32. The zero-order chi connectivity index (χ0) is 24.5. The molecular weight excluding hydrogens is 446 g/mol. The average Bonchev–Trinajstić information content (AvgIpc) is 3.43. The van der Waals surface area contributed by atoms with Gasteiger partial charge in [0.2, 0.25) is 5.88 Å². The highest BCUT2D eigenvalue weighted by molar-refractivity contribution is 5.98. The summed E-state index contributed by atoms with van der Waals surface area (Å²) in [6, 6.07) is 3.78. The third-order valence-electron chi connectivity index (χ3n) is 6.20. The molecule has 0 radical (unpaired) electrons. The van der Waals surface area contributed by atoms with Gasteiger partial charge in [-0.25, -0.2) is 4.98 Å². The van der Waals surface area contributed by atoms with Crippen molar-refractivity contribution in [2.24, 2.45) is 7.05 Å². The van der Waals surface area contributed by atoms with Gasteiger partial charge in [-0.15, -0.1) is 0 Å². The van der Waals surface area contributed by atoms with Crippen LogP contribution in [0.3, 0.4) is 0 Å². The van der Waals surface area contributed by atoms with Crippen molar-refractivity contribution in [3.8, 4) is 22.9 Å². The summed E-state index contributed by atoms with van der Waals surface area (Å²) in [6.07, 6.45) is 8.62. The number of hydrogen-bond acceptors (Lipinski definition) is 7. The molecule has 0 saturated carbocycles. The molecule has 10 heteroatoms. The maximum atomic E-state index is 13.3. The summed E-state index contributed by atoms with van der Waals surface area (Å²) in [4.78, 5) is 23.9. The molecule has 4 aromatic heterocycles. The average molecular weight is 474 g/mol. The van der Waals surface area contributed by atoms with Crippen molar-refractivity contribution in [2.45, 2.75) is 19.8 Å². The number of fused-ring (bicyclic) bond motifs is 4. The molecule has 0 aliphatic carbocycles. The van der Waals surface area contributed by atoms with Gasteiger partial charge in [0, 0.05) is 48.9 Å². The molecule has 0 spiro atoms. The van der Waals surface area contributed by atoms with E-state index in [2.05, 4.69) is 32.2 Å². The number of carbonyl (C=O) groups is 1. The van der Waals surface area contributed by atoms with Crippen molar-refractivity contribution in [3.05, 3.63) is 47.2 Å². The van der Waals surface area contributed by atoms with Crippen LogP contribution < -0.4 is 9.47 Å². The number of carbonyl (C=O) groups excluding carboxylic acids is 1. The zero-order valence-electron chi connectivity index (χ0n) is 20.2. The zero-order valence-corrected chi connectivity index (χ0v) is 20.2. The monoisotopic (exact) mass is 473 g/mol. The minimum atomic E-state index is -0.128. The van der Waals surface area contributed by atoms with Gasteiger partial charge in [-0.05, 0) is 31.1 Å². The summed E-state index contributed by atoms with van der Waals surface area (Å²) >= 11 is 0. The van der Waals surface area contributed by atoms with Crippen LogP contribution in [-0.2, 0) is 13.5 Å². The quantitative estimate of drug-likeness (QED) is 0.475. The Morgan fingerprint density at radius 2 is 2.03 bits per heavy atom. The molecule has 5 rings (SSSR count). The Kier molecular flexibility index (Phi) is 5.94. The second-order valence-corrected chi connectivity index (χ2v) is 8.39. The number of hydrogen-bond donors (Lipinski definition) is 1. The first-order valence-corrected chi connectivity index (χ1v) is 11.5. The van der Waals surface area contributed by atoms with Crippen LogP contribution in [0.15, 0.2) is 24.5 Å². The maximum absolute atomic E-state index is 13.3. The smallest absolute Gasteiger partial charge is 0.274 e. The number of aromatic nitrogens is 6. The lowest BCUT2D eigenvalue weighted by atomic mass is 10.1. The van der Waals surface area contributed by atoms with Gasteiger partial charge in [0.1, 0.15) is 5.75 Å². The van der Waals surface area contributed by atoms with E-state index in [-0.39, 0.29) is 5.91 Å². The van der Waals surface area contributed by atoms with Gasteiger partial charge in [0.25, 0.3) is 5.91 Å². The molecule has 4 aromatic rings. The second-order valence-electron chi connectivity index (χ2n) is 8.39. The summed E-state index contributed by atoms with van der Waals surface area (Å²) in [5, 5.41) is 13.0. The van der Waals surface area contributed by atoms with Crippen molar-refractivity contribution in [1.29, 1.82) is 0 Å². The fraction of sp³-hybridized carbons (Fsp3) is 0.320. The molecule has 0 atom stereocenters. The standard InChI is InChI=1S/C25H27N7O3/c1-5-21-15-7-8-18-16-11-19(26-13-20(16)29-28-18)17-12-23(34-4)27-14-22(17)35-10-6-9-31(2)25(33)24(15)30-32(21)3/h7-8,11-14H,5-6,9-10H2,1-4H3,(H,28,29). The van der Waals surface area contributed by atoms with Crippen LogP contribution in [0.1, 0.15) is 40.8 Å². The molecule has 1 amide bonds. The van der Waals surface area contributed by atoms with E-state index >= 15 is 0 Å². The van der Waals surface area contributed by atoms with Crippen LogP contribution in [0.4, 0.5) is 0 Å². The number of aromatic amines is 1. The molecule has 1 aliphatic rings. The lowest BCUT2D eigenvalue weighted by Gasteiger charge is -2.17. The summed E-state index contributed by atoms with van der Waals surface area (Å²) in [5.41, 5.74) is 5.25. The Bertz CT molecular complexity index is 1440. The molecule has 5 heterocycles. The molecule has 0 unspecified atom stereocenters. The van der Waals surface area contributed by atoms with E-state index in [1.165, 1.54) is 0 Å². The van der Waals surface area contributed by atoms with Gasteiger partial charge in [0.15, 0.2) is 5.69 Å². The molecule has 180 valence electrons. The van der Waals surface area contributed by atoms with E-state index in [9.17, 15) is 4.79 Å². The van der Waals surface area contributed by atoms with Gasteiger partial charge < -0.3 is 14.4 Å². The number of ether oxygens (including phenoxy) is 2. The van der Waals surface area contributed by atoms with E-state index in [0.29, 0.717) is 36.9 Å². The predicted octanol–water partition coefficient (Wildman–Crippen LogP) is 3.35. The molecule has 0 fully saturated rings. The van der Waals surface area contributed by atoms with E-state index in [1.54, 1.807) is 36.1 Å². The number of amides is 1. The topological polar surface area (TPSA) is 111 Å². The molecule has 0 saturated heterocycles. The van der Waals surface area contributed by atoms with Gasteiger partial charge in [0.05, 0.1) is 43.0 Å². The van der Waals surface area contributed by atoms with Crippen LogP contribution in [0, 0.1) is 0 Å². The molecular formula is C25H27N7O3. The van der Waals surface area contributed by atoms with Gasteiger partial charge in [-0.2, -0.15) is 10.2 Å². The SMILES string of the molecule is CCc1c2c(nn1C)C(=O)N(C)CCCOc1cnc(OC)cc1-c1cc3c(n[nH]c3cn1)C=C2. The van der Waals surface area contributed by atoms with Crippen LogP contribution in [0.25, 0.3) is 34.3 Å². The lowest BCUT2D eigenvalue weighted by molar-refractivity contribution is 0.0781. The first-order chi connectivity index (χ1) is 17.0. The van der Waals surface area contributed by atoms with Gasteiger partial charge in [-0.3, -0.25) is 19.6 Å². The Balaban J connectivity index is 1.69.